The van der Waals surface area contributed by atoms with Crippen molar-refractivity contribution in [1.29, 1.82) is 0 Å². The second-order valence-corrected chi connectivity index (χ2v) is 4.75. The number of rotatable bonds is 4. The van der Waals surface area contributed by atoms with Gasteiger partial charge in [-0.15, -0.1) is 0 Å². The molecule has 0 unspecified atom stereocenters. The summed E-state index contributed by atoms with van der Waals surface area (Å²) < 4.78 is 5.81. The van der Waals surface area contributed by atoms with E-state index < -0.39 is 0 Å². The minimum Gasteiger partial charge on any atom is -0.460 e. The molecule has 90 valence electrons. The number of hydrogen-bond donors (Lipinski definition) is 2. The van der Waals surface area contributed by atoms with Gasteiger partial charge in [0.05, 0.1) is 6.54 Å². The first-order chi connectivity index (χ1) is 8.36. The highest BCUT2D eigenvalue weighted by atomic mass is 16.3. The van der Waals surface area contributed by atoms with Gasteiger partial charge in [0.15, 0.2) is 0 Å². The number of fused-ring (bicyclic) bond motifs is 1. The lowest BCUT2D eigenvalue weighted by atomic mass is 9.93. The number of nitrogens with one attached hydrogen (secondary N) is 1. The van der Waals surface area contributed by atoms with Crippen LogP contribution in [0.15, 0.2) is 28.7 Å². The highest BCUT2D eigenvalue weighted by Crippen LogP contribution is 2.24. The van der Waals surface area contributed by atoms with Gasteiger partial charge in [0, 0.05) is 18.0 Å². The fourth-order valence-electron chi connectivity index (χ4n) is 2.30. The van der Waals surface area contributed by atoms with E-state index in [4.69, 9.17) is 10.2 Å². The Morgan fingerprint density at radius 3 is 2.94 bits per heavy atom. The lowest BCUT2D eigenvalue weighted by Gasteiger charge is -2.25. The topological polar surface area (TPSA) is 51.2 Å². The zero-order chi connectivity index (χ0) is 11.7. The number of furan rings is 1. The first kappa shape index (κ1) is 10.8. The van der Waals surface area contributed by atoms with E-state index in [1.165, 1.54) is 19.3 Å². The highest BCUT2D eigenvalue weighted by Gasteiger charge is 2.17. The van der Waals surface area contributed by atoms with Crippen LogP contribution in [-0.2, 0) is 13.1 Å². The minimum absolute atomic E-state index is 0.562. The molecule has 3 rings (SSSR count). The lowest BCUT2D eigenvalue weighted by Crippen LogP contribution is -2.34. The van der Waals surface area contributed by atoms with Crippen molar-refractivity contribution in [2.45, 2.75) is 38.4 Å². The number of benzene rings is 1. The molecule has 1 aliphatic carbocycles. The van der Waals surface area contributed by atoms with Crippen molar-refractivity contribution < 1.29 is 4.42 Å². The van der Waals surface area contributed by atoms with Gasteiger partial charge >= 0.3 is 0 Å². The second kappa shape index (κ2) is 4.51. The van der Waals surface area contributed by atoms with Gasteiger partial charge in [-0.1, -0.05) is 18.6 Å². The SMILES string of the molecule is NCc1cccc2oc(CNC3CCC3)cc12. The lowest BCUT2D eigenvalue weighted by molar-refractivity contribution is 0.327. The average Bonchev–Trinajstić information content (AvgIpc) is 2.69. The van der Waals surface area contributed by atoms with Gasteiger partial charge in [0.25, 0.3) is 0 Å². The van der Waals surface area contributed by atoms with Gasteiger partial charge in [0.2, 0.25) is 0 Å². The van der Waals surface area contributed by atoms with Crippen LogP contribution in [0, 0.1) is 0 Å². The van der Waals surface area contributed by atoms with Crippen molar-refractivity contribution in [2.75, 3.05) is 0 Å². The molecule has 1 aromatic heterocycles. The van der Waals surface area contributed by atoms with E-state index in [0.717, 1.165) is 28.8 Å². The van der Waals surface area contributed by atoms with E-state index in [-0.39, 0.29) is 0 Å². The summed E-state index contributed by atoms with van der Waals surface area (Å²) >= 11 is 0. The van der Waals surface area contributed by atoms with E-state index in [9.17, 15) is 0 Å². The Morgan fingerprint density at radius 1 is 1.35 bits per heavy atom. The van der Waals surface area contributed by atoms with Crippen molar-refractivity contribution >= 4 is 11.0 Å². The van der Waals surface area contributed by atoms with E-state index in [2.05, 4.69) is 17.4 Å². The van der Waals surface area contributed by atoms with E-state index >= 15 is 0 Å². The predicted octanol–water partition coefficient (Wildman–Crippen LogP) is 2.53. The molecule has 1 aromatic carbocycles. The van der Waals surface area contributed by atoms with E-state index in [1.54, 1.807) is 0 Å². The monoisotopic (exact) mass is 230 g/mol. The Bertz CT molecular complexity index is 514. The van der Waals surface area contributed by atoms with Crippen LogP contribution in [-0.4, -0.2) is 6.04 Å². The number of hydrogen-bond acceptors (Lipinski definition) is 3. The second-order valence-electron chi connectivity index (χ2n) is 4.75. The van der Waals surface area contributed by atoms with Crippen LogP contribution in [0.4, 0.5) is 0 Å². The van der Waals surface area contributed by atoms with Crippen LogP contribution in [0.25, 0.3) is 11.0 Å². The third-order valence-corrected chi connectivity index (χ3v) is 3.59. The molecule has 0 radical (unpaired) electrons. The highest BCUT2D eigenvalue weighted by molar-refractivity contribution is 5.81. The standard InChI is InChI=1S/C14H18N2O/c15-8-10-3-1-6-14-13(10)7-12(17-14)9-16-11-4-2-5-11/h1,3,6-7,11,16H,2,4-5,8-9,15H2. The Kier molecular flexibility index (Phi) is 2.87. The fourth-order valence-corrected chi connectivity index (χ4v) is 2.30. The van der Waals surface area contributed by atoms with Crippen LogP contribution in [0.5, 0.6) is 0 Å². The molecule has 17 heavy (non-hydrogen) atoms. The van der Waals surface area contributed by atoms with Crippen LogP contribution in [0.3, 0.4) is 0 Å². The van der Waals surface area contributed by atoms with Crippen molar-refractivity contribution in [2.24, 2.45) is 5.73 Å². The molecule has 1 heterocycles. The van der Waals surface area contributed by atoms with Crippen molar-refractivity contribution in [3.05, 3.63) is 35.6 Å². The molecule has 1 saturated carbocycles. The molecule has 3 N–H and O–H groups in total. The van der Waals surface area contributed by atoms with Gasteiger partial charge in [-0.2, -0.15) is 0 Å². The molecule has 0 amide bonds. The summed E-state index contributed by atoms with van der Waals surface area (Å²) in [5, 5.41) is 4.66. The molecule has 3 heteroatoms. The van der Waals surface area contributed by atoms with Gasteiger partial charge < -0.3 is 15.5 Å². The summed E-state index contributed by atoms with van der Waals surface area (Å²) in [7, 11) is 0. The smallest absolute Gasteiger partial charge is 0.134 e. The number of nitrogens with two attached hydrogens (primary N) is 1. The Morgan fingerprint density at radius 2 is 2.24 bits per heavy atom. The summed E-state index contributed by atoms with van der Waals surface area (Å²) in [4.78, 5) is 0. The third-order valence-electron chi connectivity index (χ3n) is 3.59. The molecule has 2 aromatic rings. The summed E-state index contributed by atoms with van der Waals surface area (Å²) in [5.41, 5.74) is 7.82. The Hall–Kier alpha value is -1.32. The molecule has 1 fully saturated rings. The van der Waals surface area contributed by atoms with Crippen molar-refractivity contribution in [3.8, 4) is 0 Å². The largest absolute Gasteiger partial charge is 0.460 e. The van der Waals surface area contributed by atoms with Crippen LogP contribution in [0.2, 0.25) is 0 Å². The Balaban J connectivity index is 1.80. The van der Waals surface area contributed by atoms with Crippen LogP contribution in [0.1, 0.15) is 30.6 Å². The van der Waals surface area contributed by atoms with Gasteiger partial charge in [-0.05, 0) is 30.5 Å². The zero-order valence-electron chi connectivity index (χ0n) is 9.91. The molecule has 0 spiro atoms. The summed E-state index contributed by atoms with van der Waals surface area (Å²) in [5.74, 6) is 1.01. The Labute approximate surface area is 101 Å². The third kappa shape index (κ3) is 2.08. The van der Waals surface area contributed by atoms with E-state index in [1.807, 2.05) is 12.1 Å². The predicted molar refractivity (Wildman–Crippen MR) is 68.6 cm³/mol. The van der Waals surface area contributed by atoms with Gasteiger partial charge in [-0.3, -0.25) is 0 Å². The molecule has 3 nitrogen and oxygen atoms in total. The zero-order valence-corrected chi connectivity index (χ0v) is 9.91. The first-order valence-corrected chi connectivity index (χ1v) is 6.30. The fraction of sp³-hybridized carbons (Fsp3) is 0.429. The average molecular weight is 230 g/mol. The van der Waals surface area contributed by atoms with Crippen LogP contribution < -0.4 is 11.1 Å². The molecule has 0 aliphatic heterocycles. The summed E-state index contributed by atoms with van der Waals surface area (Å²) in [6.45, 7) is 1.38. The molecule has 0 atom stereocenters. The molecular weight excluding hydrogens is 212 g/mol. The molecular formula is C14H18N2O. The van der Waals surface area contributed by atoms with Crippen molar-refractivity contribution in [3.63, 3.8) is 0 Å². The van der Waals surface area contributed by atoms with Crippen molar-refractivity contribution in [1.82, 2.24) is 5.32 Å². The maximum atomic E-state index is 5.81. The maximum Gasteiger partial charge on any atom is 0.134 e. The molecule has 0 bridgehead atoms. The van der Waals surface area contributed by atoms with Gasteiger partial charge in [0.1, 0.15) is 11.3 Å². The summed E-state index contributed by atoms with van der Waals surface area (Å²) in [6, 6.07) is 8.86. The summed E-state index contributed by atoms with van der Waals surface area (Å²) in [6.07, 6.45) is 3.96. The van der Waals surface area contributed by atoms with Gasteiger partial charge in [-0.25, -0.2) is 0 Å². The molecule has 1 aliphatic rings. The quantitative estimate of drug-likeness (QED) is 0.848. The minimum atomic E-state index is 0.562. The first-order valence-electron chi connectivity index (χ1n) is 6.30. The molecule has 0 saturated heterocycles. The van der Waals surface area contributed by atoms with Crippen LogP contribution >= 0.6 is 0 Å². The normalized spacial score (nSPS) is 16.3. The van der Waals surface area contributed by atoms with E-state index in [0.29, 0.717) is 12.6 Å². The maximum absolute atomic E-state index is 5.81.